The van der Waals surface area contributed by atoms with Crippen LogP contribution < -0.4 is 14.2 Å². The summed E-state index contributed by atoms with van der Waals surface area (Å²) in [6.07, 6.45) is -3.84. The average Bonchev–Trinajstić information content (AvgIpc) is 2.67. The monoisotopic (exact) mass is 444 g/mol. The maximum absolute atomic E-state index is 12.2. The van der Waals surface area contributed by atoms with Crippen LogP contribution in [-0.4, -0.2) is 36.4 Å². The predicted molar refractivity (Wildman–Crippen MR) is 107 cm³/mol. The molecule has 2 aromatic carbocycles. The van der Waals surface area contributed by atoms with Crippen molar-refractivity contribution in [3.05, 3.63) is 48.0 Å². The number of thioether (sulfide) groups is 1. The van der Waals surface area contributed by atoms with Crippen LogP contribution in [0.2, 0.25) is 0 Å². The van der Waals surface area contributed by atoms with E-state index >= 15 is 0 Å². The van der Waals surface area contributed by atoms with Gasteiger partial charge in [0.25, 0.3) is 0 Å². The number of halogens is 3. The first-order valence-electron chi connectivity index (χ1n) is 9.23. The van der Waals surface area contributed by atoms with Crippen LogP contribution in [0.4, 0.5) is 13.2 Å². The van der Waals surface area contributed by atoms with Crippen LogP contribution in [0.1, 0.15) is 18.9 Å². The first-order valence-corrected chi connectivity index (χ1v) is 10.2. The van der Waals surface area contributed by atoms with Gasteiger partial charge in [0.1, 0.15) is 17.2 Å². The Hall–Kier alpha value is -2.55. The molecular formula is C21H23F3O5S. The molecule has 0 aromatic heterocycles. The molecule has 0 spiro atoms. The van der Waals surface area contributed by atoms with Gasteiger partial charge in [-0.2, -0.15) is 0 Å². The smallest absolute Gasteiger partial charge is 0.493 e. The van der Waals surface area contributed by atoms with Crippen LogP contribution in [0, 0.1) is 12.8 Å². The van der Waals surface area contributed by atoms with Gasteiger partial charge < -0.3 is 19.3 Å². The highest BCUT2D eigenvalue weighted by atomic mass is 32.2. The number of hydrogen-bond acceptors (Lipinski definition) is 5. The van der Waals surface area contributed by atoms with Crippen molar-refractivity contribution in [3.8, 4) is 17.2 Å². The van der Waals surface area contributed by atoms with Crippen molar-refractivity contribution < 1.29 is 37.3 Å². The van der Waals surface area contributed by atoms with Crippen molar-refractivity contribution in [1.82, 2.24) is 0 Å². The third-order valence-electron chi connectivity index (χ3n) is 4.10. The summed E-state index contributed by atoms with van der Waals surface area (Å²) < 4.78 is 51.4. The van der Waals surface area contributed by atoms with Crippen molar-refractivity contribution in [1.29, 1.82) is 0 Å². The third kappa shape index (κ3) is 8.44. The zero-order valence-electron chi connectivity index (χ0n) is 16.6. The van der Waals surface area contributed by atoms with Gasteiger partial charge in [-0.25, -0.2) is 4.79 Å². The van der Waals surface area contributed by atoms with Gasteiger partial charge in [0, 0.05) is 16.6 Å². The van der Waals surface area contributed by atoms with Gasteiger partial charge >= 0.3 is 12.3 Å². The number of rotatable bonds is 11. The minimum atomic E-state index is -4.72. The number of carboxylic acid groups (broad SMARTS) is 1. The van der Waals surface area contributed by atoms with Crippen LogP contribution in [0.3, 0.4) is 0 Å². The number of carbonyl (C=O) groups is 1. The summed E-state index contributed by atoms with van der Waals surface area (Å²) in [5, 5.41) is 8.69. The molecule has 0 amide bonds. The summed E-state index contributed by atoms with van der Waals surface area (Å²) >= 11 is 1.65. The third-order valence-corrected chi connectivity index (χ3v) is 5.33. The van der Waals surface area contributed by atoms with Crippen molar-refractivity contribution >= 4 is 17.7 Å². The quantitative estimate of drug-likeness (QED) is 0.458. The van der Waals surface area contributed by atoms with E-state index in [-0.39, 0.29) is 18.3 Å². The van der Waals surface area contributed by atoms with E-state index in [1.54, 1.807) is 17.8 Å². The molecule has 0 radical (unpaired) electrons. The van der Waals surface area contributed by atoms with Gasteiger partial charge in [-0.3, -0.25) is 0 Å². The second-order valence-electron chi connectivity index (χ2n) is 6.53. The summed E-state index contributed by atoms with van der Waals surface area (Å²) in [4.78, 5) is 11.6. The summed E-state index contributed by atoms with van der Waals surface area (Å²) in [7, 11) is 0. The SMILES string of the molecule is CC[C@H](COc1ccc(OC(F)(F)F)cc1)CSc1ccc(OCC(=O)O)c(C)c1. The lowest BCUT2D eigenvalue weighted by atomic mass is 10.1. The highest BCUT2D eigenvalue weighted by molar-refractivity contribution is 7.99. The summed E-state index contributed by atoms with van der Waals surface area (Å²) in [6, 6.07) is 10.9. The molecule has 0 unspecified atom stereocenters. The number of benzene rings is 2. The largest absolute Gasteiger partial charge is 0.573 e. The maximum Gasteiger partial charge on any atom is 0.573 e. The zero-order chi connectivity index (χ0) is 22.1. The molecule has 0 aliphatic heterocycles. The van der Waals surface area contributed by atoms with E-state index in [9.17, 15) is 18.0 Å². The van der Waals surface area contributed by atoms with E-state index in [4.69, 9.17) is 14.6 Å². The molecule has 0 aliphatic rings. The number of aliphatic carboxylic acids is 1. The Labute approximate surface area is 177 Å². The van der Waals surface area contributed by atoms with Crippen LogP contribution in [-0.2, 0) is 4.79 Å². The second-order valence-corrected chi connectivity index (χ2v) is 7.62. The highest BCUT2D eigenvalue weighted by Crippen LogP contribution is 2.29. The van der Waals surface area contributed by atoms with Crippen LogP contribution in [0.5, 0.6) is 17.2 Å². The fraction of sp³-hybridized carbons (Fsp3) is 0.381. The molecule has 1 N–H and O–H groups in total. The van der Waals surface area contributed by atoms with Gasteiger partial charge in [-0.15, -0.1) is 24.9 Å². The van der Waals surface area contributed by atoms with Crippen LogP contribution >= 0.6 is 11.8 Å². The Morgan fingerprint density at radius 1 is 1.10 bits per heavy atom. The molecule has 0 heterocycles. The molecule has 2 aromatic rings. The summed E-state index contributed by atoms with van der Waals surface area (Å²) in [5.41, 5.74) is 0.853. The first kappa shape index (κ1) is 23.7. The number of ether oxygens (including phenoxy) is 3. The zero-order valence-corrected chi connectivity index (χ0v) is 17.4. The standard InChI is InChI=1S/C21H23F3O5S/c1-3-15(11-27-16-4-6-17(7-5-16)29-21(22,23)24)13-30-18-8-9-19(14(2)10-18)28-12-20(25)26/h4-10,15H,3,11-13H2,1-2H3,(H,25,26)/t15-/m1/s1. The molecule has 1 atom stereocenters. The molecule has 30 heavy (non-hydrogen) atoms. The van der Waals surface area contributed by atoms with Crippen molar-refractivity contribution in [2.75, 3.05) is 19.0 Å². The van der Waals surface area contributed by atoms with Gasteiger partial charge in [-0.1, -0.05) is 6.92 Å². The number of hydrogen-bond donors (Lipinski definition) is 1. The Bertz CT molecular complexity index is 824. The Morgan fingerprint density at radius 3 is 2.33 bits per heavy atom. The van der Waals surface area contributed by atoms with E-state index in [0.29, 0.717) is 18.1 Å². The molecule has 164 valence electrons. The fourth-order valence-corrected chi connectivity index (χ4v) is 3.65. The molecule has 0 saturated heterocycles. The highest BCUT2D eigenvalue weighted by Gasteiger charge is 2.31. The first-order chi connectivity index (χ1) is 14.2. The molecule has 0 fully saturated rings. The minimum absolute atomic E-state index is 0.240. The molecule has 2 rings (SSSR count). The number of aryl methyl sites for hydroxylation is 1. The van der Waals surface area contributed by atoms with Gasteiger partial charge in [0.05, 0.1) is 6.61 Å². The molecule has 5 nitrogen and oxygen atoms in total. The maximum atomic E-state index is 12.2. The van der Waals surface area contributed by atoms with E-state index in [0.717, 1.165) is 22.6 Å². The van der Waals surface area contributed by atoms with E-state index in [1.807, 2.05) is 26.0 Å². The van der Waals surface area contributed by atoms with Crippen molar-refractivity contribution in [3.63, 3.8) is 0 Å². The van der Waals surface area contributed by atoms with Crippen molar-refractivity contribution in [2.24, 2.45) is 5.92 Å². The van der Waals surface area contributed by atoms with Gasteiger partial charge in [-0.05, 0) is 61.4 Å². The van der Waals surface area contributed by atoms with E-state index in [1.165, 1.54) is 24.3 Å². The fourth-order valence-electron chi connectivity index (χ4n) is 2.46. The van der Waals surface area contributed by atoms with E-state index in [2.05, 4.69) is 4.74 Å². The topological polar surface area (TPSA) is 65.0 Å². The van der Waals surface area contributed by atoms with Crippen LogP contribution in [0.25, 0.3) is 0 Å². The molecule has 0 aliphatic carbocycles. The average molecular weight is 444 g/mol. The number of alkyl halides is 3. The minimum Gasteiger partial charge on any atom is -0.493 e. The molecule has 0 bridgehead atoms. The lowest BCUT2D eigenvalue weighted by Crippen LogP contribution is -2.17. The normalized spacial score (nSPS) is 12.3. The number of carboxylic acids is 1. The second kappa shape index (κ2) is 11.0. The van der Waals surface area contributed by atoms with E-state index < -0.39 is 12.3 Å². The Balaban J connectivity index is 1.83. The van der Waals surface area contributed by atoms with Crippen molar-refractivity contribution in [2.45, 2.75) is 31.5 Å². The molecule has 0 saturated carbocycles. The lowest BCUT2D eigenvalue weighted by Gasteiger charge is -2.16. The van der Waals surface area contributed by atoms with Gasteiger partial charge in [0.2, 0.25) is 0 Å². The Morgan fingerprint density at radius 2 is 1.77 bits per heavy atom. The lowest BCUT2D eigenvalue weighted by molar-refractivity contribution is -0.274. The molecular weight excluding hydrogens is 421 g/mol. The predicted octanol–water partition coefficient (Wildman–Crippen LogP) is 5.55. The Kier molecular flexibility index (Phi) is 8.71. The van der Waals surface area contributed by atoms with Gasteiger partial charge in [0.15, 0.2) is 6.61 Å². The summed E-state index contributed by atoms with van der Waals surface area (Å²) in [5.74, 6) is 0.730. The summed E-state index contributed by atoms with van der Waals surface area (Å²) in [6.45, 7) is 3.95. The molecule has 9 heteroatoms. The van der Waals surface area contributed by atoms with Crippen LogP contribution in [0.15, 0.2) is 47.4 Å².